The number of anilines is 1. The fraction of sp³-hybridized carbons (Fsp3) is 0.526. The van der Waals surface area contributed by atoms with Crippen LogP contribution >= 0.6 is 0 Å². The van der Waals surface area contributed by atoms with E-state index in [2.05, 4.69) is 22.1 Å². The maximum absolute atomic E-state index is 12.4. The first kappa shape index (κ1) is 18.5. The number of amides is 1. The number of carbonyl (C=O) groups excluding carboxylic acids is 1. The van der Waals surface area contributed by atoms with E-state index in [1.807, 2.05) is 24.3 Å². The summed E-state index contributed by atoms with van der Waals surface area (Å²) in [6, 6.07) is 7.80. The number of hydrogen-bond donors (Lipinski definition) is 3. The van der Waals surface area contributed by atoms with Crippen molar-refractivity contribution in [1.82, 2.24) is 10.2 Å². The summed E-state index contributed by atoms with van der Waals surface area (Å²) in [5.41, 5.74) is 1.48. The van der Waals surface area contributed by atoms with E-state index in [1.54, 1.807) is 6.08 Å². The number of rotatable bonds is 9. The predicted molar refractivity (Wildman–Crippen MR) is 98.4 cm³/mol. The largest absolute Gasteiger partial charge is 0.395 e. The van der Waals surface area contributed by atoms with Crippen molar-refractivity contribution in [3.63, 3.8) is 0 Å². The molecule has 1 aromatic rings. The zero-order valence-electron chi connectivity index (χ0n) is 14.3. The Balaban J connectivity index is 1.78. The van der Waals surface area contributed by atoms with Crippen molar-refractivity contribution in [2.24, 2.45) is 0 Å². The molecule has 132 valence electrons. The van der Waals surface area contributed by atoms with Gasteiger partial charge in [-0.3, -0.25) is 9.69 Å². The number of piperidine rings is 1. The van der Waals surface area contributed by atoms with Crippen LogP contribution in [0, 0.1) is 0 Å². The number of aliphatic hydroxyl groups is 1. The molecule has 0 saturated carbocycles. The van der Waals surface area contributed by atoms with Crippen LogP contribution in [0.5, 0.6) is 0 Å². The van der Waals surface area contributed by atoms with E-state index in [4.69, 9.17) is 0 Å². The number of aliphatic hydroxyl groups excluding tert-OH is 1. The van der Waals surface area contributed by atoms with E-state index in [-0.39, 0.29) is 12.5 Å². The average Bonchev–Trinajstić information content (AvgIpc) is 2.63. The summed E-state index contributed by atoms with van der Waals surface area (Å²) in [6.07, 6.45) is 6.14. The summed E-state index contributed by atoms with van der Waals surface area (Å²) < 4.78 is 0. The SMILES string of the molecule is C=CCNc1ccccc1C(=O)NCCCN1CCCC[C@H]1CO. The molecule has 0 radical (unpaired) electrons. The summed E-state index contributed by atoms with van der Waals surface area (Å²) in [7, 11) is 0. The lowest BCUT2D eigenvalue weighted by atomic mass is 10.0. The first-order chi connectivity index (χ1) is 11.8. The average molecular weight is 331 g/mol. The Kier molecular flexibility index (Phi) is 7.79. The van der Waals surface area contributed by atoms with Crippen molar-refractivity contribution in [3.05, 3.63) is 42.5 Å². The maximum Gasteiger partial charge on any atom is 0.253 e. The second kappa shape index (κ2) is 10.1. The summed E-state index contributed by atoms with van der Waals surface area (Å²) >= 11 is 0. The highest BCUT2D eigenvalue weighted by molar-refractivity contribution is 5.99. The monoisotopic (exact) mass is 331 g/mol. The molecular formula is C19H29N3O2. The normalized spacial score (nSPS) is 18.1. The number of hydrogen-bond acceptors (Lipinski definition) is 4. The Bertz CT molecular complexity index is 533. The minimum absolute atomic E-state index is 0.0560. The Morgan fingerprint density at radius 3 is 3.00 bits per heavy atom. The van der Waals surface area contributed by atoms with Crippen molar-refractivity contribution in [1.29, 1.82) is 0 Å². The molecule has 1 heterocycles. The van der Waals surface area contributed by atoms with Crippen LogP contribution in [0.4, 0.5) is 5.69 Å². The molecule has 1 aliphatic heterocycles. The molecule has 24 heavy (non-hydrogen) atoms. The third kappa shape index (κ3) is 5.35. The quantitative estimate of drug-likeness (QED) is 0.480. The van der Waals surface area contributed by atoms with Gasteiger partial charge in [-0.05, 0) is 37.9 Å². The molecule has 1 atom stereocenters. The Morgan fingerprint density at radius 1 is 1.38 bits per heavy atom. The second-order valence-corrected chi connectivity index (χ2v) is 6.19. The van der Waals surface area contributed by atoms with Crippen LogP contribution in [0.3, 0.4) is 0 Å². The lowest BCUT2D eigenvalue weighted by molar-refractivity contribution is 0.0868. The molecule has 0 unspecified atom stereocenters. The van der Waals surface area contributed by atoms with Gasteiger partial charge in [-0.15, -0.1) is 6.58 Å². The van der Waals surface area contributed by atoms with Gasteiger partial charge in [-0.25, -0.2) is 0 Å². The Morgan fingerprint density at radius 2 is 2.21 bits per heavy atom. The van der Waals surface area contributed by atoms with Gasteiger partial charge in [0.1, 0.15) is 0 Å². The van der Waals surface area contributed by atoms with Crippen molar-refractivity contribution in [2.45, 2.75) is 31.7 Å². The van der Waals surface area contributed by atoms with Crippen molar-refractivity contribution >= 4 is 11.6 Å². The van der Waals surface area contributed by atoms with Gasteiger partial charge in [0.25, 0.3) is 5.91 Å². The van der Waals surface area contributed by atoms with Crippen LogP contribution < -0.4 is 10.6 Å². The van der Waals surface area contributed by atoms with E-state index in [0.29, 0.717) is 24.7 Å². The van der Waals surface area contributed by atoms with Crippen LogP contribution in [0.15, 0.2) is 36.9 Å². The summed E-state index contributed by atoms with van der Waals surface area (Å²) in [6.45, 7) is 7.15. The van der Waals surface area contributed by atoms with Crippen molar-refractivity contribution < 1.29 is 9.90 Å². The van der Waals surface area contributed by atoms with Gasteiger partial charge in [0.15, 0.2) is 0 Å². The smallest absolute Gasteiger partial charge is 0.253 e. The topological polar surface area (TPSA) is 64.6 Å². The number of nitrogens with one attached hydrogen (secondary N) is 2. The molecule has 2 rings (SSSR count). The van der Waals surface area contributed by atoms with Gasteiger partial charge in [-0.1, -0.05) is 24.6 Å². The van der Waals surface area contributed by atoms with Crippen LogP contribution in [-0.2, 0) is 0 Å². The minimum atomic E-state index is -0.0560. The van der Waals surface area contributed by atoms with E-state index >= 15 is 0 Å². The molecule has 5 heteroatoms. The molecule has 0 spiro atoms. The highest BCUT2D eigenvalue weighted by Gasteiger charge is 2.20. The van der Waals surface area contributed by atoms with E-state index < -0.39 is 0 Å². The van der Waals surface area contributed by atoms with Gasteiger partial charge in [-0.2, -0.15) is 0 Å². The first-order valence-electron chi connectivity index (χ1n) is 8.83. The number of carbonyl (C=O) groups is 1. The molecular weight excluding hydrogens is 302 g/mol. The number of likely N-dealkylation sites (tertiary alicyclic amines) is 1. The fourth-order valence-corrected chi connectivity index (χ4v) is 3.16. The van der Waals surface area contributed by atoms with Crippen molar-refractivity contribution in [3.8, 4) is 0 Å². The highest BCUT2D eigenvalue weighted by Crippen LogP contribution is 2.17. The van der Waals surface area contributed by atoms with Crippen LogP contribution in [0.1, 0.15) is 36.0 Å². The Hall–Kier alpha value is -1.85. The molecule has 3 N–H and O–H groups in total. The summed E-state index contributed by atoms with van der Waals surface area (Å²) in [4.78, 5) is 14.7. The number of para-hydroxylation sites is 1. The first-order valence-corrected chi connectivity index (χ1v) is 8.83. The van der Waals surface area contributed by atoms with Gasteiger partial charge >= 0.3 is 0 Å². The van der Waals surface area contributed by atoms with E-state index in [1.165, 1.54) is 12.8 Å². The standard InChI is InChI=1S/C19H29N3O2/c1-2-11-20-18-10-4-3-9-17(18)19(24)21-12-7-14-22-13-6-5-8-16(22)15-23/h2-4,9-10,16,20,23H,1,5-8,11-15H2,(H,21,24)/t16-/m0/s1. The molecule has 0 aromatic heterocycles. The van der Waals surface area contributed by atoms with E-state index in [9.17, 15) is 9.90 Å². The summed E-state index contributed by atoms with van der Waals surface area (Å²) in [5, 5.41) is 15.6. The van der Waals surface area contributed by atoms with Gasteiger partial charge < -0.3 is 15.7 Å². The lowest BCUT2D eigenvalue weighted by Gasteiger charge is -2.34. The van der Waals surface area contributed by atoms with Crippen LogP contribution in [0.25, 0.3) is 0 Å². The number of nitrogens with zero attached hydrogens (tertiary/aromatic N) is 1. The van der Waals surface area contributed by atoms with Crippen molar-refractivity contribution in [2.75, 3.05) is 38.1 Å². The minimum Gasteiger partial charge on any atom is -0.395 e. The van der Waals surface area contributed by atoms with E-state index in [0.717, 1.165) is 31.6 Å². The molecule has 5 nitrogen and oxygen atoms in total. The second-order valence-electron chi connectivity index (χ2n) is 6.19. The third-order valence-corrected chi connectivity index (χ3v) is 4.48. The molecule has 0 bridgehead atoms. The lowest BCUT2D eigenvalue weighted by Crippen LogP contribution is -2.43. The third-order valence-electron chi connectivity index (χ3n) is 4.48. The molecule has 0 aliphatic carbocycles. The van der Waals surface area contributed by atoms with Gasteiger partial charge in [0.05, 0.1) is 12.2 Å². The van der Waals surface area contributed by atoms with Crippen LogP contribution in [0.2, 0.25) is 0 Å². The molecule has 1 aromatic carbocycles. The molecule has 1 saturated heterocycles. The maximum atomic E-state index is 12.4. The zero-order valence-corrected chi connectivity index (χ0v) is 14.3. The highest BCUT2D eigenvalue weighted by atomic mass is 16.3. The zero-order chi connectivity index (χ0) is 17.2. The van der Waals surface area contributed by atoms with Gasteiger partial charge in [0.2, 0.25) is 0 Å². The predicted octanol–water partition coefficient (Wildman–Crippen LogP) is 2.25. The molecule has 1 aliphatic rings. The van der Waals surface area contributed by atoms with Crippen LogP contribution in [-0.4, -0.2) is 54.7 Å². The van der Waals surface area contributed by atoms with Gasteiger partial charge in [0, 0.05) is 31.4 Å². The molecule has 1 fully saturated rings. The molecule has 1 amide bonds. The number of benzene rings is 1. The summed E-state index contributed by atoms with van der Waals surface area (Å²) in [5.74, 6) is -0.0560. The fourth-order valence-electron chi connectivity index (χ4n) is 3.16. The Labute approximate surface area is 144 Å².